The maximum atomic E-state index is 9.93. The van der Waals surface area contributed by atoms with Crippen molar-refractivity contribution in [3.05, 3.63) is 12.7 Å². The van der Waals surface area contributed by atoms with E-state index in [0.717, 1.165) is 26.0 Å². The molecule has 2 aliphatic rings. The van der Waals surface area contributed by atoms with Crippen molar-refractivity contribution < 1.29 is 9.84 Å². The first-order valence-electron chi connectivity index (χ1n) is 5.96. The number of aliphatic hydroxyl groups is 1. The highest BCUT2D eigenvalue weighted by molar-refractivity contribution is 4.88. The Kier molecular flexibility index (Phi) is 3.78. The van der Waals surface area contributed by atoms with E-state index in [4.69, 9.17) is 4.74 Å². The molecule has 0 spiro atoms. The second-order valence-electron chi connectivity index (χ2n) is 4.60. The van der Waals surface area contributed by atoms with Gasteiger partial charge in [0.2, 0.25) is 0 Å². The van der Waals surface area contributed by atoms with E-state index in [2.05, 4.69) is 11.5 Å². The Morgan fingerprint density at radius 3 is 3.27 bits per heavy atom. The van der Waals surface area contributed by atoms with E-state index in [0.29, 0.717) is 6.04 Å². The van der Waals surface area contributed by atoms with Crippen LogP contribution in [0.15, 0.2) is 12.7 Å². The molecule has 0 radical (unpaired) electrons. The van der Waals surface area contributed by atoms with Crippen molar-refractivity contribution in [2.24, 2.45) is 0 Å². The van der Waals surface area contributed by atoms with Gasteiger partial charge < -0.3 is 9.84 Å². The third-order valence-corrected chi connectivity index (χ3v) is 3.51. The van der Waals surface area contributed by atoms with E-state index >= 15 is 0 Å². The summed E-state index contributed by atoms with van der Waals surface area (Å²) in [5.41, 5.74) is 0. The largest absolute Gasteiger partial charge is 0.390 e. The van der Waals surface area contributed by atoms with Gasteiger partial charge in [0.05, 0.1) is 18.8 Å². The van der Waals surface area contributed by atoms with Crippen LogP contribution in [0.4, 0.5) is 0 Å². The van der Waals surface area contributed by atoms with Gasteiger partial charge in [-0.25, -0.2) is 0 Å². The number of ether oxygens (including phenoxy) is 1. The number of morpholine rings is 1. The lowest BCUT2D eigenvalue weighted by Crippen LogP contribution is -2.50. The van der Waals surface area contributed by atoms with Gasteiger partial charge in [0.1, 0.15) is 0 Å². The van der Waals surface area contributed by atoms with Gasteiger partial charge in [0, 0.05) is 12.6 Å². The molecule has 2 saturated heterocycles. The molecule has 2 heterocycles. The first kappa shape index (κ1) is 11.1. The molecule has 3 atom stereocenters. The number of aliphatic hydroxyl groups excluding tert-OH is 1. The molecular formula is C12H21NO2. The van der Waals surface area contributed by atoms with E-state index in [1.165, 1.54) is 19.4 Å². The van der Waals surface area contributed by atoms with Crippen molar-refractivity contribution in [1.82, 2.24) is 4.90 Å². The monoisotopic (exact) mass is 211 g/mol. The number of hydrogen-bond donors (Lipinski definition) is 1. The maximum Gasteiger partial charge on any atom is 0.0961 e. The Bertz CT molecular complexity index is 220. The highest BCUT2D eigenvalue weighted by atomic mass is 16.5. The summed E-state index contributed by atoms with van der Waals surface area (Å²) in [7, 11) is 0. The van der Waals surface area contributed by atoms with Gasteiger partial charge in [0.25, 0.3) is 0 Å². The van der Waals surface area contributed by atoms with Crippen LogP contribution >= 0.6 is 0 Å². The first-order valence-corrected chi connectivity index (χ1v) is 5.96. The molecule has 0 aliphatic carbocycles. The minimum absolute atomic E-state index is 0.0132. The van der Waals surface area contributed by atoms with Gasteiger partial charge in [-0.05, 0) is 32.2 Å². The highest BCUT2D eigenvalue weighted by Crippen LogP contribution is 2.24. The van der Waals surface area contributed by atoms with Crippen molar-refractivity contribution in [2.75, 3.05) is 19.7 Å². The van der Waals surface area contributed by atoms with E-state index in [9.17, 15) is 5.11 Å². The molecule has 3 unspecified atom stereocenters. The average molecular weight is 211 g/mol. The lowest BCUT2D eigenvalue weighted by Gasteiger charge is -2.37. The molecule has 0 bridgehead atoms. The predicted octanol–water partition coefficient (Wildman–Crippen LogP) is 1.18. The van der Waals surface area contributed by atoms with Crippen LogP contribution in [-0.2, 0) is 4.74 Å². The zero-order chi connectivity index (χ0) is 10.7. The number of allylic oxidation sites excluding steroid dienone is 1. The molecule has 15 heavy (non-hydrogen) atoms. The van der Waals surface area contributed by atoms with E-state index in [1.54, 1.807) is 0 Å². The van der Waals surface area contributed by atoms with Gasteiger partial charge in [-0.3, -0.25) is 4.90 Å². The Morgan fingerprint density at radius 2 is 2.47 bits per heavy atom. The summed E-state index contributed by atoms with van der Waals surface area (Å²) in [4.78, 5) is 2.46. The summed E-state index contributed by atoms with van der Waals surface area (Å²) in [5.74, 6) is 0. The molecule has 0 aromatic rings. The first-order chi connectivity index (χ1) is 7.31. The fourth-order valence-corrected chi connectivity index (χ4v) is 2.55. The van der Waals surface area contributed by atoms with Crippen LogP contribution in [-0.4, -0.2) is 48.0 Å². The normalized spacial score (nSPS) is 33.7. The Morgan fingerprint density at radius 1 is 1.60 bits per heavy atom. The summed E-state index contributed by atoms with van der Waals surface area (Å²) >= 11 is 0. The van der Waals surface area contributed by atoms with E-state index < -0.39 is 0 Å². The Balaban J connectivity index is 1.81. The minimum Gasteiger partial charge on any atom is -0.390 e. The third-order valence-electron chi connectivity index (χ3n) is 3.51. The smallest absolute Gasteiger partial charge is 0.0961 e. The highest BCUT2D eigenvalue weighted by Gasteiger charge is 2.34. The zero-order valence-electron chi connectivity index (χ0n) is 9.27. The predicted molar refractivity (Wildman–Crippen MR) is 59.8 cm³/mol. The molecular weight excluding hydrogens is 190 g/mol. The Labute approximate surface area is 91.7 Å². The van der Waals surface area contributed by atoms with Crippen molar-refractivity contribution in [3.63, 3.8) is 0 Å². The van der Waals surface area contributed by atoms with Crippen LogP contribution in [0.5, 0.6) is 0 Å². The average Bonchev–Trinajstić information content (AvgIpc) is 2.72. The quantitative estimate of drug-likeness (QED) is 0.709. The third kappa shape index (κ3) is 2.60. The van der Waals surface area contributed by atoms with Crippen molar-refractivity contribution in [1.29, 1.82) is 0 Å². The maximum absolute atomic E-state index is 9.93. The van der Waals surface area contributed by atoms with Gasteiger partial charge >= 0.3 is 0 Å². The molecule has 0 aromatic carbocycles. The molecule has 3 heteroatoms. The zero-order valence-corrected chi connectivity index (χ0v) is 9.27. The lowest BCUT2D eigenvalue weighted by atomic mass is 10.1. The van der Waals surface area contributed by atoms with Crippen molar-refractivity contribution >= 4 is 0 Å². The fourth-order valence-electron chi connectivity index (χ4n) is 2.55. The summed E-state index contributed by atoms with van der Waals surface area (Å²) in [6.07, 6.45) is 5.71. The molecule has 0 saturated carbocycles. The summed E-state index contributed by atoms with van der Waals surface area (Å²) in [6, 6.07) is 0.618. The van der Waals surface area contributed by atoms with Crippen LogP contribution in [0.3, 0.4) is 0 Å². The van der Waals surface area contributed by atoms with Crippen molar-refractivity contribution in [2.45, 2.75) is 43.9 Å². The number of nitrogens with zero attached hydrogens (tertiary/aromatic N) is 1. The molecule has 0 aromatic heterocycles. The molecule has 2 fully saturated rings. The summed E-state index contributed by atoms with van der Waals surface area (Å²) in [5, 5.41) is 9.93. The van der Waals surface area contributed by atoms with Crippen LogP contribution in [0.2, 0.25) is 0 Å². The van der Waals surface area contributed by atoms with Crippen molar-refractivity contribution in [3.8, 4) is 0 Å². The van der Waals surface area contributed by atoms with Crippen LogP contribution < -0.4 is 0 Å². The van der Waals surface area contributed by atoms with Crippen LogP contribution in [0.1, 0.15) is 25.7 Å². The van der Waals surface area contributed by atoms with Gasteiger partial charge in [0.15, 0.2) is 0 Å². The molecule has 2 rings (SSSR count). The Hall–Kier alpha value is -0.380. The second-order valence-corrected chi connectivity index (χ2v) is 4.60. The van der Waals surface area contributed by atoms with E-state index in [-0.39, 0.29) is 12.2 Å². The van der Waals surface area contributed by atoms with E-state index in [1.807, 2.05) is 6.08 Å². The minimum atomic E-state index is -0.329. The number of rotatable bonds is 4. The number of fused-ring (bicyclic) bond motifs is 1. The SMILES string of the molecule is C=CCCC(O)C1CN2CCCC2CO1. The summed E-state index contributed by atoms with van der Waals surface area (Å²) in [6.45, 7) is 6.56. The number of hydrogen-bond acceptors (Lipinski definition) is 3. The van der Waals surface area contributed by atoms with Gasteiger partial charge in [-0.2, -0.15) is 0 Å². The summed E-state index contributed by atoms with van der Waals surface area (Å²) < 4.78 is 5.72. The van der Waals surface area contributed by atoms with Crippen LogP contribution in [0, 0.1) is 0 Å². The topological polar surface area (TPSA) is 32.7 Å². The molecule has 3 nitrogen and oxygen atoms in total. The van der Waals surface area contributed by atoms with Crippen LogP contribution in [0.25, 0.3) is 0 Å². The second kappa shape index (κ2) is 5.10. The molecule has 2 aliphatic heterocycles. The standard InChI is InChI=1S/C12H21NO2/c1-2-3-6-11(14)12-8-13-7-4-5-10(13)9-15-12/h2,10-12,14H,1,3-9H2. The molecule has 0 amide bonds. The molecule has 1 N–H and O–H groups in total. The van der Waals surface area contributed by atoms with Gasteiger partial charge in [-0.1, -0.05) is 6.08 Å². The lowest BCUT2D eigenvalue weighted by molar-refractivity contribution is -0.103. The molecule has 86 valence electrons. The van der Waals surface area contributed by atoms with Gasteiger partial charge in [-0.15, -0.1) is 6.58 Å². The fraction of sp³-hybridized carbons (Fsp3) is 0.833.